The molecule has 0 bridgehead atoms. The van der Waals surface area contributed by atoms with Crippen molar-refractivity contribution < 1.29 is 0 Å². The fraction of sp³-hybridized carbons (Fsp3) is 0.800. The molecule has 1 aromatic heterocycles. The summed E-state index contributed by atoms with van der Waals surface area (Å²) < 4.78 is 0. The molecule has 108 valence electrons. The molecule has 0 amide bonds. The van der Waals surface area contributed by atoms with Crippen molar-refractivity contribution in [3.8, 4) is 0 Å². The number of hydrogen-bond donors (Lipinski definition) is 1. The van der Waals surface area contributed by atoms with Crippen LogP contribution in [-0.4, -0.2) is 30.0 Å². The van der Waals surface area contributed by atoms with E-state index >= 15 is 0 Å². The summed E-state index contributed by atoms with van der Waals surface area (Å²) in [6.07, 6.45) is 6.90. The third-order valence-corrected chi connectivity index (χ3v) is 4.68. The summed E-state index contributed by atoms with van der Waals surface area (Å²) in [6.45, 7) is 6.43. The molecule has 1 saturated carbocycles. The standard InChI is InChI=1S/C15H27N3S/c1-3-8-16-9-15-17-14(12-19-15)11-18(2)10-13-6-4-5-7-13/h12-13,16H,3-11H2,1-2H3. The van der Waals surface area contributed by atoms with Crippen molar-refractivity contribution in [1.29, 1.82) is 0 Å². The average Bonchev–Trinajstić information content (AvgIpc) is 3.02. The van der Waals surface area contributed by atoms with Gasteiger partial charge in [-0.2, -0.15) is 0 Å². The molecule has 19 heavy (non-hydrogen) atoms. The number of nitrogens with zero attached hydrogens (tertiary/aromatic N) is 2. The van der Waals surface area contributed by atoms with Crippen LogP contribution in [0.15, 0.2) is 5.38 Å². The van der Waals surface area contributed by atoms with Gasteiger partial charge in [0.1, 0.15) is 5.01 Å². The van der Waals surface area contributed by atoms with Crippen molar-refractivity contribution in [3.05, 3.63) is 16.1 Å². The van der Waals surface area contributed by atoms with Crippen molar-refractivity contribution in [2.24, 2.45) is 5.92 Å². The van der Waals surface area contributed by atoms with Crippen LogP contribution >= 0.6 is 11.3 Å². The Balaban J connectivity index is 1.72. The third kappa shape index (κ3) is 5.21. The van der Waals surface area contributed by atoms with E-state index in [9.17, 15) is 0 Å². The van der Waals surface area contributed by atoms with Gasteiger partial charge in [0, 0.05) is 25.0 Å². The highest BCUT2D eigenvalue weighted by Crippen LogP contribution is 2.25. The van der Waals surface area contributed by atoms with Gasteiger partial charge >= 0.3 is 0 Å². The zero-order valence-corrected chi connectivity index (χ0v) is 13.1. The van der Waals surface area contributed by atoms with Gasteiger partial charge in [-0.05, 0) is 38.8 Å². The quantitative estimate of drug-likeness (QED) is 0.741. The molecule has 0 atom stereocenters. The van der Waals surface area contributed by atoms with Crippen LogP contribution in [0.3, 0.4) is 0 Å². The number of thiazole rings is 1. The van der Waals surface area contributed by atoms with E-state index in [0.717, 1.165) is 25.6 Å². The molecular formula is C15H27N3S. The summed E-state index contributed by atoms with van der Waals surface area (Å²) in [6, 6.07) is 0. The Morgan fingerprint density at radius 3 is 2.95 bits per heavy atom. The Labute approximate surface area is 121 Å². The minimum Gasteiger partial charge on any atom is -0.310 e. The van der Waals surface area contributed by atoms with E-state index in [4.69, 9.17) is 4.98 Å². The first-order valence-corrected chi connectivity index (χ1v) is 8.48. The maximum absolute atomic E-state index is 4.71. The largest absolute Gasteiger partial charge is 0.310 e. The van der Waals surface area contributed by atoms with E-state index in [1.165, 1.54) is 49.4 Å². The summed E-state index contributed by atoms with van der Waals surface area (Å²) in [5.74, 6) is 0.925. The average molecular weight is 281 g/mol. The predicted molar refractivity (Wildman–Crippen MR) is 82.4 cm³/mol. The Morgan fingerprint density at radius 1 is 1.42 bits per heavy atom. The summed E-state index contributed by atoms with van der Waals surface area (Å²) in [7, 11) is 2.23. The zero-order chi connectivity index (χ0) is 13.5. The molecule has 0 spiro atoms. The fourth-order valence-corrected chi connectivity index (χ4v) is 3.60. The highest BCUT2D eigenvalue weighted by molar-refractivity contribution is 7.09. The van der Waals surface area contributed by atoms with Crippen LogP contribution in [0, 0.1) is 5.92 Å². The Hall–Kier alpha value is -0.450. The van der Waals surface area contributed by atoms with Gasteiger partial charge in [-0.15, -0.1) is 11.3 Å². The van der Waals surface area contributed by atoms with E-state index in [1.807, 2.05) is 0 Å². The van der Waals surface area contributed by atoms with Gasteiger partial charge in [-0.1, -0.05) is 19.8 Å². The monoisotopic (exact) mass is 281 g/mol. The lowest BCUT2D eigenvalue weighted by atomic mass is 10.1. The Kier molecular flexibility index (Phi) is 6.28. The molecule has 4 heteroatoms. The van der Waals surface area contributed by atoms with Crippen LogP contribution in [0.2, 0.25) is 0 Å². The van der Waals surface area contributed by atoms with E-state index in [0.29, 0.717) is 0 Å². The molecule has 1 fully saturated rings. The molecule has 0 unspecified atom stereocenters. The Morgan fingerprint density at radius 2 is 2.21 bits per heavy atom. The number of aromatic nitrogens is 1. The maximum Gasteiger partial charge on any atom is 0.107 e. The number of rotatable bonds is 8. The van der Waals surface area contributed by atoms with Gasteiger partial charge < -0.3 is 10.2 Å². The second-order valence-electron chi connectivity index (χ2n) is 5.76. The van der Waals surface area contributed by atoms with Crippen molar-refractivity contribution in [1.82, 2.24) is 15.2 Å². The van der Waals surface area contributed by atoms with Crippen molar-refractivity contribution >= 4 is 11.3 Å². The Bertz CT molecular complexity index is 358. The van der Waals surface area contributed by atoms with Crippen LogP contribution in [0.4, 0.5) is 0 Å². The summed E-state index contributed by atoms with van der Waals surface area (Å²) >= 11 is 1.78. The first-order valence-electron chi connectivity index (χ1n) is 7.60. The molecule has 1 aliphatic rings. The highest BCUT2D eigenvalue weighted by atomic mass is 32.1. The molecule has 1 aliphatic carbocycles. The van der Waals surface area contributed by atoms with Crippen LogP contribution in [-0.2, 0) is 13.1 Å². The van der Waals surface area contributed by atoms with Gasteiger partial charge in [0.2, 0.25) is 0 Å². The molecule has 0 aromatic carbocycles. The van der Waals surface area contributed by atoms with Gasteiger partial charge in [0.25, 0.3) is 0 Å². The number of hydrogen-bond acceptors (Lipinski definition) is 4. The van der Waals surface area contributed by atoms with Gasteiger partial charge in [0.05, 0.1) is 5.69 Å². The molecule has 0 aliphatic heterocycles. The SMILES string of the molecule is CCCNCc1nc(CN(C)CC2CCCC2)cs1. The molecule has 2 rings (SSSR count). The second-order valence-corrected chi connectivity index (χ2v) is 6.70. The van der Waals surface area contributed by atoms with Crippen molar-refractivity contribution in [2.45, 2.75) is 52.1 Å². The van der Waals surface area contributed by atoms with E-state index in [1.54, 1.807) is 11.3 Å². The summed E-state index contributed by atoms with van der Waals surface area (Å²) in [5.41, 5.74) is 1.23. The maximum atomic E-state index is 4.71. The fourth-order valence-electron chi connectivity index (χ4n) is 2.85. The normalized spacial score (nSPS) is 16.6. The molecule has 1 aromatic rings. The van der Waals surface area contributed by atoms with Gasteiger partial charge in [0.15, 0.2) is 0 Å². The molecule has 1 N–H and O–H groups in total. The molecule has 1 heterocycles. The first kappa shape index (κ1) is 14.9. The molecule has 0 radical (unpaired) electrons. The summed E-state index contributed by atoms with van der Waals surface area (Å²) in [4.78, 5) is 7.15. The van der Waals surface area contributed by atoms with Crippen molar-refractivity contribution in [3.63, 3.8) is 0 Å². The lowest BCUT2D eigenvalue weighted by Gasteiger charge is -2.19. The third-order valence-electron chi connectivity index (χ3n) is 3.78. The van der Waals surface area contributed by atoms with Crippen molar-refractivity contribution in [2.75, 3.05) is 20.1 Å². The minimum absolute atomic E-state index is 0.921. The highest BCUT2D eigenvalue weighted by Gasteiger charge is 2.17. The minimum atomic E-state index is 0.921. The number of nitrogens with one attached hydrogen (secondary N) is 1. The molecule has 3 nitrogen and oxygen atoms in total. The molecule has 0 saturated heterocycles. The van der Waals surface area contributed by atoms with E-state index < -0.39 is 0 Å². The second kappa shape index (κ2) is 7.98. The van der Waals surface area contributed by atoms with Crippen LogP contribution in [0.25, 0.3) is 0 Å². The van der Waals surface area contributed by atoms with Crippen LogP contribution in [0.1, 0.15) is 49.7 Å². The van der Waals surface area contributed by atoms with Gasteiger partial charge in [-0.3, -0.25) is 0 Å². The van der Waals surface area contributed by atoms with Crippen LogP contribution < -0.4 is 5.32 Å². The smallest absolute Gasteiger partial charge is 0.107 e. The lowest BCUT2D eigenvalue weighted by molar-refractivity contribution is 0.269. The lowest BCUT2D eigenvalue weighted by Crippen LogP contribution is -2.24. The van der Waals surface area contributed by atoms with Crippen LogP contribution in [0.5, 0.6) is 0 Å². The predicted octanol–water partition coefficient (Wildman–Crippen LogP) is 3.26. The van der Waals surface area contributed by atoms with Gasteiger partial charge in [-0.25, -0.2) is 4.98 Å². The summed E-state index contributed by atoms with van der Waals surface area (Å²) in [5, 5.41) is 6.85. The van der Waals surface area contributed by atoms with E-state index in [2.05, 4.69) is 29.6 Å². The zero-order valence-electron chi connectivity index (χ0n) is 12.3. The van der Waals surface area contributed by atoms with E-state index in [-0.39, 0.29) is 0 Å². The topological polar surface area (TPSA) is 28.2 Å². The first-order chi connectivity index (χ1) is 9.28. The molecular weight excluding hydrogens is 254 g/mol.